The molecule has 0 unspecified atom stereocenters. The van der Waals surface area contributed by atoms with E-state index in [1.807, 2.05) is 4.90 Å². The minimum Gasteiger partial charge on any atom is -0.365 e. The lowest BCUT2D eigenvalue weighted by atomic mass is 10.1. The number of nitrogens with one attached hydrogen (secondary N) is 1. The molecule has 1 amide bonds. The third-order valence-corrected chi connectivity index (χ3v) is 3.53. The largest absolute Gasteiger partial charge is 0.365 e. The molecule has 0 aromatic carbocycles. The normalized spacial score (nSPS) is 21.6. The molecule has 17 heavy (non-hydrogen) atoms. The maximum Gasteiger partial charge on any atom is 0.241 e. The SMILES string of the molecule is O=C(CNC1=NCCCCC1)N1CCCCC1. The van der Waals surface area contributed by atoms with Crippen molar-refractivity contribution in [2.45, 2.75) is 44.9 Å². The summed E-state index contributed by atoms with van der Waals surface area (Å²) < 4.78 is 0. The summed E-state index contributed by atoms with van der Waals surface area (Å²) in [6.07, 6.45) is 8.24. The lowest BCUT2D eigenvalue weighted by Gasteiger charge is -2.27. The Morgan fingerprint density at radius 2 is 1.88 bits per heavy atom. The Balaban J connectivity index is 1.72. The number of nitrogens with zero attached hydrogens (tertiary/aromatic N) is 2. The Bertz CT molecular complexity index is 282. The Hall–Kier alpha value is -1.06. The van der Waals surface area contributed by atoms with Crippen LogP contribution in [0, 0.1) is 0 Å². The number of amidine groups is 1. The Morgan fingerprint density at radius 3 is 2.71 bits per heavy atom. The Kier molecular flexibility index (Phi) is 4.83. The molecular weight excluding hydrogens is 214 g/mol. The lowest BCUT2D eigenvalue weighted by molar-refractivity contribution is -0.130. The van der Waals surface area contributed by atoms with Gasteiger partial charge in [0.2, 0.25) is 5.91 Å². The highest BCUT2D eigenvalue weighted by Crippen LogP contribution is 2.09. The van der Waals surface area contributed by atoms with Crippen LogP contribution in [0.2, 0.25) is 0 Å². The van der Waals surface area contributed by atoms with Crippen LogP contribution >= 0.6 is 0 Å². The molecule has 1 saturated heterocycles. The summed E-state index contributed by atoms with van der Waals surface area (Å²) in [5, 5.41) is 3.22. The molecule has 4 heteroatoms. The maximum atomic E-state index is 11.9. The van der Waals surface area contributed by atoms with Gasteiger partial charge in [-0.1, -0.05) is 6.42 Å². The first-order valence-electron chi connectivity index (χ1n) is 6.91. The first-order chi connectivity index (χ1) is 8.36. The second kappa shape index (κ2) is 6.62. The van der Waals surface area contributed by atoms with Gasteiger partial charge in [0, 0.05) is 26.1 Å². The predicted octanol–water partition coefficient (Wildman–Crippen LogP) is 1.56. The van der Waals surface area contributed by atoms with Gasteiger partial charge in [0.1, 0.15) is 0 Å². The number of hydrogen-bond acceptors (Lipinski definition) is 3. The zero-order valence-corrected chi connectivity index (χ0v) is 10.6. The van der Waals surface area contributed by atoms with E-state index in [1.54, 1.807) is 0 Å². The molecule has 1 fully saturated rings. The van der Waals surface area contributed by atoms with Gasteiger partial charge in [0.15, 0.2) is 0 Å². The minimum atomic E-state index is 0.233. The fourth-order valence-corrected chi connectivity index (χ4v) is 2.45. The minimum absolute atomic E-state index is 0.233. The van der Waals surface area contributed by atoms with Gasteiger partial charge in [-0.25, -0.2) is 0 Å². The first-order valence-corrected chi connectivity index (χ1v) is 6.91. The van der Waals surface area contributed by atoms with Gasteiger partial charge in [-0.05, 0) is 32.1 Å². The van der Waals surface area contributed by atoms with E-state index in [0.29, 0.717) is 6.54 Å². The summed E-state index contributed by atoms with van der Waals surface area (Å²) in [5.41, 5.74) is 0. The molecule has 0 atom stereocenters. The molecule has 2 heterocycles. The van der Waals surface area contributed by atoms with Crippen LogP contribution in [0.25, 0.3) is 0 Å². The van der Waals surface area contributed by atoms with E-state index < -0.39 is 0 Å². The molecule has 1 N–H and O–H groups in total. The average Bonchev–Trinajstić information content (AvgIpc) is 2.65. The van der Waals surface area contributed by atoms with Crippen molar-refractivity contribution in [3.8, 4) is 0 Å². The predicted molar refractivity (Wildman–Crippen MR) is 69.2 cm³/mol. The highest BCUT2D eigenvalue weighted by Gasteiger charge is 2.16. The van der Waals surface area contributed by atoms with Gasteiger partial charge in [0.05, 0.1) is 12.4 Å². The zero-order valence-electron chi connectivity index (χ0n) is 10.6. The molecule has 0 spiro atoms. The molecule has 2 aliphatic heterocycles. The summed E-state index contributed by atoms with van der Waals surface area (Å²) in [7, 11) is 0. The molecule has 0 radical (unpaired) electrons. The van der Waals surface area contributed by atoms with E-state index in [-0.39, 0.29) is 5.91 Å². The molecule has 2 rings (SSSR count). The van der Waals surface area contributed by atoms with Crippen LogP contribution in [0.1, 0.15) is 44.9 Å². The molecule has 0 aromatic rings. The number of rotatable bonds is 2. The third kappa shape index (κ3) is 4.02. The fraction of sp³-hybridized carbons (Fsp3) is 0.846. The van der Waals surface area contributed by atoms with Crippen molar-refractivity contribution in [2.24, 2.45) is 4.99 Å². The Morgan fingerprint density at radius 1 is 1.12 bits per heavy atom. The van der Waals surface area contributed by atoms with Crippen molar-refractivity contribution in [1.29, 1.82) is 0 Å². The van der Waals surface area contributed by atoms with E-state index in [4.69, 9.17) is 0 Å². The molecule has 0 saturated carbocycles. The quantitative estimate of drug-likeness (QED) is 0.792. The van der Waals surface area contributed by atoms with E-state index >= 15 is 0 Å². The van der Waals surface area contributed by atoms with Gasteiger partial charge < -0.3 is 10.2 Å². The van der Waals surface area contributed by atoms with Crippen molar-refractivity contribution in [3.63, 3.8) is 0 Å². The van der Waals surface area contributed by atoms with Crippen molar-refractivity contribution in [1.82, 2.24) is 10.2 Å². The van der Waals surface area contributed by atoms with Gasteiger partial charge in [-0.15, -0.1) is 0 Å². The topological polar surface area (TPSA) is 44.7 Å². The molecular formula is C13H23N3O. The lowest BCUT2D eigenvalue weighted by Crippen LogP contribution is -2.42. The van der Waals surface area contributed by atoms with Crippen LogP contribution < -0.4 is 5.32 Å². The average molecular weight is 237 g/mol. The van der Waals surface area contributed by atoms with Gasteiger partial charge in [0.25, 0.3) is 0 Å². The molecule has 96 valence electrons. The van der Waals surface area contributed by atoms with E-state index in [9.17, 15) is 4.79 Å². The van der Waals surface area contributed by atoms with Crippen molar-refractivity contribution < 1.29 is 4.79 Å². The highest BCUT2D eigenvalue weighted by atomic mass is 16.2. The molecule has 2 aliphatic rings. The van der Waals surface area contributed by atoms with Gasteiger partial charge in [-0.3, -0.25) is 9.79 Å². The summed E-state index contributed by atoms with van der Waals surface area (Å²) in [6, 6.07) is 0. The van der Waals surface area contributed by atoms with E-state index in [1.165, 1.54) is 25.7 Å². The zero-order chi connectivity index (χ0) is 11.9. The van der Waals surface area contributed by atoms with Crippen LogP contribution in [0.4, 0.5) is 0 Å². The van der Waals surface area contributed by atoms with Gasteiger partial charge >= 0.3 is 0 Å². The second-order valence-electron chi connectivity index (χ2n) is 4.93. The number of likely N-dealkylation sites (tertiary alicyclic amines) is 1. The van der Waals surface area contributed by atoms with E-state index in [2.05, 4.69) is 10.3 Å². The molecule has 0 aromatic heterocycles. The molecule has 0 aliphatic carbocycles. The van der Waals surface area contributed by atoms with Crippen LogP contribution in [0.15, 0.2) is 4.99 Å². The number of carbonyl (C=O) groups excluding carboxylic acids is 1. The standard InChI is InChI=1S/C13H23N3O/c17-13(16-9-5-2-6-10-16)11-15-12-7-3-1-4-8-14-12/h1-11H2,(H,14,15). The first kappa shape index (κ1) is 12.4. The van der Waals surface area contributed by atoms with Crippen LogP contribution in [-0.4, -0.2) is 42.8 Å². The van der Waals surface area contributed by atoms with Crippen molar-refractivity contribution in [3.05, 3.63) is 0 Å². The number of carbonyl (C=O) groups is 1. The summed E-state index contributed by atoms with van der Waals surface area (Å²) in [5.74, 6) is 1.27. The number of hydrogen-bond donors (Lipinski definition) is 1. The fourth-order valence-electron chi connectivity index (χ4n) is 2.45. The van der Waals surface area contributed by atoms with Crippen molar-refractivity contribution >= 4 is 11.7 Å². The number of amides is 1. The summed E-state index contributed by atoms with van der Waals surface area (Å²) >= 11 is 0. The molecule has 0 bridgehead atoms. The summed E-state index contributed by atoms with van der Waals surface area (Å²) in [6.45, 7) is 3.22. The number of aliphatic imine (C=N–C) groups is 1. The van der Waals surface area contributed by atoms with Crippen LogP contribution in [0.5, 0.6) is 0 Å². The molecule has 4 nitrogen and oxygen atoms in total. The highest BCUT2D eigenvalue weighted by molar-refractivity contribution is 5.87. The third-order valence-electron chi connectivity index (χ3n) is 3.53. The maximum absolute atomic E-state index is 11.9. The monoisotopic (exact) mass is 237 g/mol. The number of piperidine rings is 1. The smallest absolute Gasteiger partial charge is 0.241 e. The second-order valence-corrected chi connectivity index (χ2v) is 4.93. The van der Waals surface area contributed by atoms with Gasteiger partial charge in [-0.2, -0.15) is 0 Å². The summed E-state index contributed by atoms with van der Waals surface area (Å²) in [4.78, 5) is 18.4. The van der Waals surface area contributed by atoms with E-state index in [0.717, 1.165) is 44.7 Å². The van der Waals surface area contributed by atoms with Crippen molar-refractivity contribution in [2.75, 3.05) is 26.2 Å². The van der Waals surface area contributed by atoms with Crippen LogP contribution in [-0.2, 0) is 4.79 Å². The Labute approximate surface area is 103 Å². The van der Waals surface area contributed by atoms with Crippen LogP contribution in [0.3, 0.4) is 0 Å².